The van der Waals surface area contributed by atoms with Gasteiger partial charge in [0.05, 0.1) is 13.7 Å². The number of methoxy groups -OCH3 is 1. The molecule has 0 N–H and O–H groups in total. The van der Waals surface area contributed by atoms with Gasteiger partial charge in [-0.15, -0.1) is 0 Å². The van der Waals surface area contributed by atoms with Crippen LogP contribution in [0.4, 0.5) is 0 Å². The number of ether oxygens (including phenoxy) is 2. The molecular weight excluding hydrogens is 262 g/mol. The van der Waals surface area contributed by atoms with E-state index in [1.807, 2.05) is 12.1 Å². The van der Waals surface area contributed by atoms with Crippen LogP contribution in [-0.2, 0) is 0 Å². The highest BCUT2D eigenvalue weighted by atomic mass is 16.5. The molecule has 0 aromatic heterocycles. The summed E-state index contributed by atoms with van der Waals surface area (Å²) in [6, 6.07) is 6.08. The minimum atomic E-state index is 0.767. The molecule has 1 aliphatic heterocycles. The van der Waals surface area contributed by atoms with Crippen molar-refractivity contribution in [3.05, 3.63) is 23.8 Å². The molecule has 1 aliphatic rings. The average Bonchev–Trinajstić information content (AvgIpc) is 2.48. The van der Waals surface area contributed by atoms with E-state index < -0.39 is 0 Å². The Bertz CT molecular complexity index is 433. The monoisotopic (exact) mass is 291 g/mol. The third kappa shape index (κ3) is 5.24. The van der Waals surface area contributed by atoms with Crippen LogP contribution in [0.5, 0.6) is 11.5 Å². The van der Waals surface area contributed by atoms with E-state index in [1.54, 1.807) is 7.11 Å². The first kappa shape index (κ1) is 16.2. The molecule has 1 saturated heterocycles. The first-order valence-corrected chi connectivity index (χ1v) is 8.19. The maximum atomic E-state index is 5.85. The zero-order valence-electron chi connectivity index (χ0n) is 13.7. The van der Waals surface area contributed by atoms with Gasteiger partial charge < -0.3 is 14.4 Å². The number of rotatable bonds is 7. The van der Waals surface area contributed by atoms with E-state index in [1.165, 1.54) is 44.5 Å². The molecule has 1 fully saturated rings. The lowest BCUT2D eigenvalue weighted by molar-refractivity contribution is 0.176. The van der Waals surface area contributed by atoms with E-state index in [0.29, 0.717) is 0 Å². The van der Waals surface area contributed by atoms with Crippen molar-refractivity contribution in [2.24, 2.45) is 5.92 Å². The van der Waals surface area contributed by atoms with Gasteiger partial charge in [-0.25, -0.2) is 0 Å². The predicted octanol–water partition coefficient (Wildman–Crippen LogP) is 3.89. The van der Waals surface area contributed by atoms with Gasteiger partial charge in [0.2, 0.25) is 0 Å². The zero-order chi connectivity index (χ0) is 15.1. The van der Waals surface area contributed by atoms with E-state index in [4.69, 9.17) is 9.47 Å². The van der Waals surface area contributed by atoms with Crippen molar-refractivity contribution in [1.29, 1.82) is 0 Å². The molecule has 118 valence electrons. The number of unbranched alkanes of at least 4 members (excludes halogenated alkanes) is 1. The van der Waals surface area contributed by atoms with Crippen LogP contribution in [0.1, 0.15) is 38.2 Å². The van der Waals surface area contributed by atoms with Crippen LogP contribution < -0.4 is 9.47 Å². The molecule has 0 aliphatic carbocycles. The fraction of sp³-hybridized carbons (Fsp3) is 0.667. The first-order chi connectivity index (χ1) is 10.2. The number of aryl methyl sites for hydroxylation is 1. The largest absolute Gasteiger partial charge is 0.493 e. The van der Waals surface area contributed by atoms with Crippen molar-refractivity contribution in [2.45, 2.75) is 39.5 Å². The molecule has 0 saturated carbocycles. The van der Waals surface area contributed by atoms with E-state index in [-0.39, 0.29) is 0 Å². The summed E-state index contributed by atoms with van der Waals surface area (Å²) in [5, 5.41) is 0. The summed E-state index contributed by atoms with van der Waals surface area (Å²) in [6.45, 7) is 8.94. The molecule has 21 heavy (non-hydrogen) atoms. The van der Waals surface area contributed by atoms with Crippen LogP contribution in [-0.4, -0.2) is 38.3 Å². The second kappa shape index (κ2) is 8.28. The van der Waals surface area contributed by atoms with E-state index in [9.17, 15) is 0 Å². The van der Waals surface area contributed by atoms with E-state index >= 15 is 0 Å². The van der Waals surface area contributed by atoms with Crippen LogP contribution >= 0.6 is 0 Å². The van der Waals surface area contributed by atoms with Gasteiger partial charge >= 0.3 is 0 Å². The lowest BCUT2D eigenvalue weighted by Gasteiger charge is -2.30. The molecule has 2 rings (SSSR count). The number of likely N-dealkylation sites (tertiary alicyclic amines) is 1. The number of piperidine rings is 1. The molecule has 1 unspecified atom stereocenters. The van der Waals surface area contributed by atoms with Gasteiger partial charge in [0.25, 0.3) is 0 Å². The number of benzene rings is 1. The van der Waals surface area contributed by atoms with Crippen LogP contribution in [0.3, 0.4) is 0 Å². The molecule has 0 amide bonds. The summed E-state index contributed by atoms with van der Waals surface area (Å²) in [5.74, 6) is 2.56. The average molecular weight is 291 g/mol. The second-order valence-electron chi connectivity index (χ2n) is 6.26. The van der Waals surface area contributed by atoms with Gasteiger partial charge in [0.1, 0.15) is 0 Å². The van der Waals surface area contributed by atoms with Crippen LogP contribution in [0, 0.1) is 12.8 Å². The van der Waals surface area contributed by atoms with Gasteiger partial charge in [-0.2, -0.15) is 0 Å². The Balaban J connectivity index is 1.65. The normalized spacial score (nSPS) is 19.5. The lowest BCUT2D eigenvalue weighted by Crippen LogP contribution is -2.35. The van der Waals surface area contributed by atoms with Crippen LogP contribution in [0.2, 0.25) is 0 Å². The Hall–Kier alpha value is -1.22. The topological polar surface area (TPSA) is 21.7 Å². The fourth-order valence-corrected chi connectivity index (χ4v) is 3.00. The van der Waals surface area contributed by atoms with Crippen molar-refractivity contribution in [1.82, 2.24) is 4.90 Å². The first-order valence-electron chi connectivity index (χ1n) is 8.19. The predicted molar refractivity (Wildman–Crippen MR) is 87.3 cm³/mol. The fourth-order valence-electron chi connectivity index (χ4n) is 3.00. The third-order valence-corrected chi connectivity index (χ3v) is 4.19. The second-order valence-corrected chi connectivity index (χ2v) is 6.26. The molecule has 3 heteroatoms. The minimum Gasteiger partial charge on any atom is -0.493 e. The molecule has 0 radical (unpaired) electrons. The third-order valence-electron chi connectivity index (χ3n) is 4.19. The van der Waals surface area contributed by atoms with Crippen molar-refractivity contribution in [3.8, 4) is 11.5 Å². The Morgan fingerprint density at radius 3 is 2.86 bits per heavy atom. The Kier molecular flexibility index (Phi) is 6.37. The molecule has 1 heterocycles. The zero-order valence-corrected chi connectivity index (χ0v) is 13.7. The summed E-state index contributed by atoms with van der Waals surface area (Å²) in [7, 11) is 1.69. The smallest absolute Gasteiger partial charge is 0.161 e. The maximum absolute atomic E-state index is 5.85. The molecule has 0 bridgehead atoms. The molecular formula is C18H29NO2. The highest BCUT2D eigenvalue weighted by Gasteiger charge is 2.15. The van der Waals surface area contributed by atoms with Crippen molar-refractivity contribution in [2.75, 3.05) is 33.4 Å². The van der Waals surface area contributed by atoms with Gasteiger partial charge in [0, 0.05) is 6.54 Å². The Labute approximate surface area is 129 Å². The van der Waals surface area contributed by atoms with Crippen molar-refractivity contribution >= 4 is 0 Å². The Morgan fingerprint density at radius 1 is 1.24 bits per heavy atom. The van der Waals surface area contributed by atoms with Crippen molar-refractivity contribution < 1.29 is 9.47 Å². The molecule has 0 spiro atoms. The SMILES string of the molecule is COc1cc(C)ccc1OCCCCN1CCCC(C)C1. The highest BCUT2D eigenvalue weighted by molar-refractivity contribution is 5.42. The number of hydrogen-bond acceptors (Lipinski definition) is 3. The molecule has 3 nitrogen and oxygen atoms in total. The maximum Gasteiger partial charge on any atom is 0.161 e. The van der Waals surface area contributed by atoms with Crippen molar-refractivity contribution in [3.63, 3.8) is 0 Å². The summed E-state index contributed by atoms with van der Waals surface area (Å²) in [6.07, 6.45) is 5.06. The molecule has 1 aromatic rings. The van der Waals surface area contributed by atoms with Gasteiger partial charge in [0.15, 0.2) is 11.5 Å². The number of hydrogen-bond donors (Lipinski definition) is 0. The number of nitrogens with zero attached hydrogens (tertiary/aromatic N) is 1. The highest BCUT2D eigenvalue weighted by Crippen LogP contribution is 2.27. The summed E-state index contributed by atoms with van der Waals surface area (Å²) in [4.78, 5) is 2.60. The van der Waals surface area contributed by atoms with Crippen LogP contribution in [0.15, 0.2) is 18.2 Å². The Morgan fingerprint density at radius 2 is 2.10 bits per heavy atom. The van der Waals surface area contributed by atoms with E-state index in [2.05, 4.69) is 24.8 Å². The summed E-state index contributed by atoms with van der Waals surface area (Å²) in [5.41, 5.74) is 1.19. The van der Waals surface area contributed by atoms with E-state index in [0.717, 1.165) is 30.4 Å². The van der Waals surface area contributed by atoms with Gasteiger partial charge in [-0.05, 0) is 69.3 Å². The molecule has 1 atom stereocenters. The van der Waals surface area contributed by atoms with Crippen LogP contribution in [0.25, 0.3) is 0 Å². The summed E-state index contributed by atoms with van der Waals surface area (Å²) < 4.78 is 11.2. The quantitative estimate of drug-likeness (QED) is 0.711. The molecule has 1 aromatic carbocycles. The lowest BCUT2D eigenvalue weighted by atomic mass is 10.0. The van der Waals surface area contributed by atoms with Gasteiger partial charge in [-0.1, -0.05) is 13.0 Å². The van der Waals surface area contributed by atoms with Gasteiger partial charge in [-0.3, -0.25) is 0 Å². The summed E-state index contributed by atoms with van der Waals surface area (Å²) >= 11 is 0. The standard InChI is InChI=1S/C18H29NO2/c1-15-8-9-17(18(13-15)20-3)21-12-5-4-10-19-11-6-7-16(2)14-19/h8-9,13,16H,4-7,10-12,14H2,1-3H3. The minimum absolute atomic E-state index is 0.767.